The fourth-order valence-electron chi connectivity index (χ4n) is 2.13. The first kappa shape index (κ1) is 15.8. The van der Waals surface area contributed by atoms with E-state index in [9.17, 15) is 9.90 Å². The minimum absolute atomic E-state index is 0.243. The van der Waals surface area contributed by atoms with Gasteiger partial charge in [0.1, 0.15) is 5.75 Å². The Kier molecular flexibility index (Phi) is 5.31. The van der Waals surface area contributed by atoms with E-state index < -0.39 is 5.97 Å². The van der Waals surface area contributed by atoms with Gasteiger partial charge < -0.3 is 9.84 Å². The zero-order valence-corrected chi connectivity index (χ0v) is 12.7. The van der Waals surface area contributed by atoms with Gasteiger partial charge in [-0.25, -0.2) is 4.79 Å². The number of nitrogens with zero attached hydrogens (tertiary/aromatic N) is 1. The summed E-state index contributed by atoms with van der Waals surface area (Å²) in [5.74, 6) is -0.205. The highest BCUT2D eigenvalue weighted by Gasteiger charge is 2.13. The second-order valence-corrected chi connectivity index (χ2v) is 4.97. The van der Waals surface area contributed by atoms with Crippen LogP contribution < -0.4 is 4.74 Å². The number of hydrogen-bond donors (Lipinski definition) is 1. The highest BCUT2D eigenvalue weighted by Crippen LogP contribution is 2.25. The lowest BCUT2D eigenvalue weighted by atomic mass is 9.98. The smallest absolute Gasteiger partial charge is 0.336 e. The second kappa shape index (κ2) is 7.41. The number of aromatic nitrogens is 1. The van der Waals surface area contributed by atoms with Crippen LogP contribution in [-0.4, -0.2) is 22.7 Å². The molecule has 22 heavy (non-hydrogen) atoms. The summed E-state index contributed by atoms with van der Waals surface area (Å²) in [6.45, 7) is 4.57. The molecule has 0 fully saturated rings. The van der Waals surface area contributed by atoms with Crippen LogP contribution in [0.25, 0.3) is 11.6 Å². The number of aryl methyl sites for hydroxylation is 1. The summed E-state index contributed by atoms with van der Waals surface area (Å²) in [5.41, 5.74) is 2.55. The molecule has 0 aliphatic rings. The Hall–Kier alpha value is -2.62. The lowest BCUT2D eigenvalue weighted by molar-refractivity contribution is -0.130. The molecular formula is C18H19NO3. The van der Waals surface area contributed by atoms with Gasteiger partial charge in [-0.2, -0.15) is 0 Å². The van der Waals surface area contributed by atoms with Crippen LogP contribution in [0.3, 0.4) is 0 Å². The van der Waals surface area contributed by atoms with Crippen LogP contribution in [0.15, 0.2) is 42.7 Å². The summed E-state index contributed by atoms with van der Waals surface area (Å²) in [4.78, 5) is 15.6. The Balaban J connectivity index is 2.37. The Bertz CT molecular complexity index is 678. The summed E-state index contributed by atoms with van der Waals surface area (Å²) in [6.07, 6.45) is 5.85. The third kappa shape index (κ3) is 3.95. The highest BCUT2D eigenvalue weighted by atomic mass is 16.5. The maximum Gasteiger partial charge on any atom is 0.336 e. The molecule has 2 rings (SSSR count). The number of ether oxygens (including phenoxy) is 1. The fourth-order valence-corrected chi connectivity index (χ4v) is 2.13. The van der Waals surface area contributed by atoms with Crippen molar-refractivity contribution in [1.29, 1.82) is 0 Å². The van der Waals surface area contributed by atoms with Gasteiger partial charge in [-0.1, -0.05) is 19.1 Å². The Labute approximate surface area is 130 Å². The van der Waals surface area contributed by atoms with Crippen molar-refractivity contribution < 1.29 is 14.6 Å². The summed E-state index contributed by atoms with van der Waals surface area (Å²) in [5, 5.41) is 9.50. The molecule has 1 aromatic carbocycles. The molecule has 4 nitrogen and oxygen atoms in total. The van der Waals surface area contributed by atoms with Gasteiger partial charge in [-0.3, -0.25) is 4.98 Å². The molecule has 1 N–H and O–H groups in total. The topological polar surface area (TPSA) is 59.4 Å². The van der Waals surface area contributed by atoms with Crippen molar-refractivity contribution in [2.45, 2.75) is 20.3 Å². The zero-order chi connectivity index (χ0) is 15.9. The van der Waals surface area contributed by atoms with Gasteiger partial charge in [-0.05, 0) is 54.3 Å². The van der Waals surface area contributed by atoms with Crippen molar-refractivity contribution in [2.24, 2.45) is 0 Å². The Morgan fingerprint density at radius 2 is 2.18 bits per heavy atom. The van der Waals surface area contributed by atoms with E-state index in [1.807, 2.05) is 26.0 Å². The van der Waals surface area contributed by atoms with E-state index in [0.29, 0.717) is 12.2 Å². The summed E-state index contributed by atoms with van der Waals surface area (Å²) in [7, 11) is 0. The fraction of sp³-hybridized carbons (Fsp3) is 0.222. The highest BCUT2D eigenvalue weighted by molar-refractivity contribution is 6.21. The maximum absolute atomic E-state index is 11.6. The number of aliphatic carboxylic acids is 1. The second-order valence-electron chi connectivity index (χ2n) is 4.97. The molecule has 2 aromatic rings. The number of carbonyl (C=O) groups is 1. The van der Waals surface area contributed by atoms with Crippen LogP contribution in [0.2, 0.25) is 0 Å². The van der Waals surface area contributed by atoms with Crippen LogP contribution in [0.5, 0.6) is 5.75 Å². The lowest BCUT2D eigenvalue weighted by Crippen LogP contribution is -2.02. The average molecular weight is 297 g/mol. The predicted molar refractivity (Wildman–Crippen MR) is 86.7 cm³/mol. The molecule has 0 saturated heterocycles. The predicted octanol–water partition coefficient (Wildman–Crippen LogP) is 3.80. The van der Waals surface area contributed by atoms with Gasteiger partial charge in [0.05, 0.1) is 12.2 Å². The van der Waals surface area contributed by atoms with E-state index in [0.717, 1.165) is 23.3 Å². The average Bonchev–Trinajstić information content (AvgIpc) is 2.52. The molecule has 114 valence electrons. The molecule has 0 radical (unpaired) electrons. The van der Waals surface area contributed by atoms with Crippen molar-refractivity contribution >= 4 is 17.6 Å². The first-order valence-electron chi connectivity index (χ1n) is 7.20. The summed E-state index contributed by atoms with van der Waals surface area (Å²) in [6, 6.07) is 9.06. The number of carboxylic acid groups (broad SMARTS) is 1. The van der Waals surface area contributed by atoms with Crippen LogP contribution in [0.1, 0.15) is 30.0 Å². The van der Waals surface area contributed by atoms with Crippen molar-refractivity contribution in [3.63, 3.8) is 0 Å². The van der Waals surface area contributed by atoms with E-state index in [-0.39, 0.29) is 5.57 Å². The molecule has 0 amide bonds. The van der Waals surface area contributed by atoms with Crippen molar-refractivity contribution in [3.8, 4) is 5.75 Å². The van der Waals surface area contributed by atoms with Crippen LogP contribution in [0, 0.1) is 6.92 Å². The first-order chi connectivity index (χ1) is 10.6. The molecule has 0 spiro atoms. The molecule has 0 aliphatic carbocycles. The van der Waals surface area contributed by atoms with E-state index in [1.54, 1.807) is 36.7 Å². The quantitative estimate of drug-likeness (QED) is 0.824. The van der Waals surface area contributed by atoms with E-state index in [1.165, 1.54) is 0 Å². The minimum atomic E-state index is -0.964. The molecule has 0 atom stereocenters. The standard InChI is InChI=1S/C18H19NO3/c1-3-9-22-15-6-7-16(13(2)10-15)17(18(20)21)11-14-5-4-8-19-12-14/h4-8,10-12H,3,9H2,1-2H3,(H,20,21)/b17-11-. The first-order valence-corrected chi connectivity index (χ1v) is 7.20. The van der Waals surface area contributed by atoms with Gasteiger partial charge >= 0.3 is 5.97 Å². The van der Waals surface area contributed by atoms with Crippen molar-refractivity contribution in [2.75, 3.05) is 6.61 Å². The van der Waals surface area contributed by atoms with Crippen LogP contribution in [0.4, 0.5) is 0 Å². The molecule has 4 heteroatoms. The van der Waals surface area contributed by atoms with E-state index >= 15 is 0 Å². The summed E-state index contributed by atoms with van der Waals surface area (Å²) >= 11 is 0. The molecule has 0 bridgehead atoms. The maximum atomic E-state index is 11.6. The molecule has 0 aliphatic heterocycles. The largest absolute Gasteiger partial charge is 0.494 e. The molecule has 1 heterocycles. The minimum Gasteiger partial charge on any atom is -0.494 e. The number of benzene rings is 1. The zero-order valence-electron chi connectivity index (χ0n) is 12.7. The van der Waals surface area contributed by atoms with E-state index in [2.05, 4.69) is 4.98 Å². The van der Waals surface area contributed by atoms with Gasteiger partial charge in [0.2, 0.25) is 0 Å². The lowest BCUT2D eigenvalue weighted by Gasteiger charge is -2.10. The van der Waals surface area contributed by atoms with E-state index in [4.69, 9.17) is 4.74 Å². The third-order valence-electron chi connectivity index (χ3n) is 3.19. The van der Waals surface area contributed by atoms with Gasteiger partial charge in [0.15, 0.2) is 0 Å². The molecule has 0 saturated carbocycles. The molecule has 1 aromatic heterocycles. The van der Waals surface area contributed by atoms with Gasteiger partial charge in [0.25, 0.3) is 0 Å². The number of rotatable bonds is 6. The Morgan fingerprint density at radius 3 is 2.77 bits per heavy atom. The summed E-state index contributed by atoms with van der Waals surface area (Å²) < 4.78 is 5.57. The van der Waals surface area contributed by atoms with Crippen molar-refractivity contribution in [3.05, 3.63) is 59.4 Å². The Morgan fingerprint density at radius 1 is 1.36 bits per heavy atom. The SMILES string of the molecule is CCCOc1ccc(/C(=C/c2cccnc2)C(=O)O)c(C)c1. The molecular weight excluding hydrogens is 278 g/mol. The van der Waals surface area contributed by atoms with Gasteiger partial charge in [-0.15, -0.1) is 0 Å². The van der Waals surface area contributed by atoms with Crippen molar-refractivity contribution in [1.82, 2.24) is 4.98 Å². The molecule has 0 unspecified atom stereocenters. The monoisotopic (exact) mass is 297 g/mol. The third-order valence-corrected chi connectivity index (χ3v) is 3.19. The normalized spacial score (nSPS) is 11.3. The van der Waals surface area contributed by atoms with Crippen LogP contribution >= 0.6 is 0 Å². The number of hydrogen-bond acceptors (Lipinski definition) is 3. The number of carboxylic acids is 1. The number of pyridine rings is 1. The van der Waals surface area contributed by atoms with Crippen LogP contribution in [-0.2, 0) is 4.79 Å². The van der Waals surface area contributed by atoms with Gasteiger partial charge in [0, 0.05) is 12.4 Å².